The van der Waals surface area contributed by atoms with E-state index in [1.54, 1.807) is 24.3 Å². The van der Waals surface area contributed by atoms with E-state index in [4.69, 9.17) is 17.3 Å². The highest BCUT2D eigenvalue weighted by atomic mass is 35.5. The summed E-state index contributed by atoms with van der Waals surface area (Å²) in [5.74, 6) is -2.31. The number of nitrogens with two attached hydrogens (primary N) is 1. The van der Waals surface area contributed by atoms with Crippen molar-refractivity contribution in [2.45, 2.75) is 25.8 Å². The standard InChI is InChI=1S/C25H26ClFN6O3/c1-2-32-11-3-4-18(32)13-29-25(36)21-22(23(28)34)33(14-30-21)17-8-6-16(7-9-17)31-24(35)19-10-5-15(27)12-20(19)26/h5-10,12,14,18H,2-4,11,13H2,1H3,(H2,28,34)(H,29,36)(H,31,35). The first kappa shape index (κ1) is 25.3. The monoisotopic (exact) mass is 512 g/mol. The van der Waals surface area contributed by atoms with E-state index in [2.05, 4.69) is 27.4 Å². The molecular formula is C25H26ClFN6O3. The minimum Gasteiger partial charge on any atom is -0.364 e. The lowest BCUT2D eigenvalue weighted by molar-refractivity contribution is 0.0920. The number of imidazole rings is 1. The number of primary amides is 1. The van der Waals surface area contributed by atoms with Crippen LogP contribution in [0.3, 0.4) is 0 Å². The summed E-state index contributed by atoms with van der Waals surface area (Å²) in [6.45, 7) is 4.46. The molecule has 0 radical (unpaired) electrons. The number of rotatable bonds is 8. The van der Waals surface area contributed by atoms with Crippen LogP contribution in [0.2, 0.25) is 5.02 Å². The van der Waals surface area contributed by atoms with Crippen LogP contribution in [0.15, 0.2) is 48.8 Å². The van der Waals surface area contributed by atoms with Crippen LogP contribution in [-0.2, 0) is 0 Å². The Morgan fingerprint density at radius 2 is 1.92 bits per heavy atom. The number of hydrogen-bond donors (Lipinski definition) is 3. The van der Waals surface area contributed by atoms with Crippen molar-refractivity contribution in [1.82, 2.24) is 19.8 Å². The SMILES string of the molecule is CCN1CCCC1CNC(=O)c1ncn(-c2ccc(NC(=O)c3ccc(F)cc3Cl)cc2)c1C(N)=O. The molecule has 0 spiro atoms. The maximum atomic E-state index is 13.2. The van der Waals surface area contributed by atoms with Crippen LogP contribution in [-0.4, -0.2) is 57.8 Å². The molecule has 4 N–H and O–H groups in total. The van der Waals surface area contributed by atoms with Gasteiger partial charge in [-0.05, 0) is 68.4 Å². The lowest BCUT2D eigenvalue weighted by Gasteiger charge is -2.22. The molecule has 3 amide bonds. The Labute approximate surface area is 212 Å². The lowest BCUT2D eigenvalue weighted by Crippen LogP contribution is -2.40. The first-order valence-electron chi connectivity index (χ1n) is 11.5. The Hall–Kier alpha value is -3.76. The van der Waals surface area contributed by atoms with E-state index in [-0.39, 0.29) is 28.0 Å². The molecule has 0 bridgehead atoms. The van der Waals surface area contributed by atoms with Crippen molar-refractivity contribution in [3.63, 3.8) is 0 Å². The van der Waals surface area contributed by atoms with Crippen LogP contribution >= 0.6 is 11.6 Å². The molecule has 2 aromatic carbocycles. The summed E-state index contributed by atoms with van der Waals surface area (Å²) in [4.78, 5) is 44.0. The smallest absolute Gasteiger partial charge is 0.272 e. The number of carbonyl (C=O) groups is 3. The van der Waals surface area contributed by atoms with Gasteiger partial charge < -0.3 is 16.4 Å². The molecule has 1 aliphatic rings. The Morgan fingerprint density at radius 3 is 2.58 bits per heavy atom. The second kappa shape index (κ2) is 10.9. The van der Waals surface area contributed by atoms with E-state index in [1.807, 2.05) is 0 Å². The zero-order valence-corrected chi connectivity index (χ0v) is 20.4. The summed E-state index contributed by atoms with van der Waals surface area (Å²) >= 11 is 5.95. The molecule has 3 aromatic rings. The van der Waals surface area contributed by atoms with Gasteiger partial charge in [0.05, 0.1) is 10.6 Å². The van der Waals surface area contributed by atoms with E-state index in [9.17, 15) is 18.8 Å². The minimum absolute atomic E-state index is 0.00484. The Morgan fingerprint density at radius 1 is 1.17 bits per heavy atom. The van der Waals surface area contributed by atoms with Gasteiger partial charge in [-0.3, -0.25) is 23.9 Å². The average Bonchev–Trinajstić information content (AvgIpc) is 3.50. The molecule has 1 saturated heterocycles. The quantitative estimate of drug-likeness (QED) is 0.427. The molecule has 1 atom stereocenters. The molecular weight excluding hydrogens is 487 g/mol. The van der Waals surface area contributed by atoms with Gasteiger partial charge in [0, 0.05) is 24.0 Å². The summed E-state index contributed by atoms with van der Waals surface area (Å²) in [5.41, 5.74) is 6.59. The Kier molecular flexibility index (Phi) is 7.66. The molecule has 1 aliphatic heterocycles. The molecule has 0 saturated carbocycles. The third kappa shape index (κ3) is 5.39. The number of likely N-dealkylation sites (N-methyl/N-ethyl adjacent to an activating group) is 1. The van der Waals surface area contributed by atoms with E-state index in [0.717, 1.165) is 38.1 Å². The zero-order chi connectivity index (χ0) is 25.8. The van der Waals surface area contributed by atoms with Crippen LogP contribution in [0, 0.1) is 5.82 Å². The molecule has 2 heterocycles. The fourth-order valence-corrected chi connectivity index (χ4v) is 4.61. The van der Waals surface area contributed by atoms with Crippen molar-refractivity contribution in [2.24, 2.45) is 5.73 Å². The number of benzene rings is 2. The van der Waals surface area contributed by atoms with E-state index in [0.29, 0.717) is 17.9 Å². The second-order valence-electron chi connectivity index (χ2n) is 8.44. The van der Waals surface area contributed by atoms with Gasteiger partial charge in [-0.2, -0.15) is 0 Å². The molecule has 188 valence electrons. The summed E-state index contributed by atoms with van der Waals surface area (Å²) in [6, 6.07) is 10.2. The molecule has 1 fully saturated rings. The summed E-state index contributed by atoms with van der Waals surface area (Å²) in [5, 5.41) is 5.55. The van der Waals surface area contributed by atoms with Crippen molar-refractivity contribution >= 4 is 35.0 Å². The zero-order valence-electron chi connectivity index (χ0n) is 19.6. The topological polar surface area (TPSA) is 122 Å². The van der Waals surface area contributed by atoms with E-state index < -0.39 is 23.5 Å². The normalized spacial score (nSPS) is 15.6. The highest BCUT2D eigenvalue weighted by Crippen LogP contribution is 2.21. The number of aromatic nitrogens is 2. The van der Waals surface area contributed by atoms with Crippen LogP contribution in [0.5, 0.6) is 0 Å². The third-order valence-corrected chi connectivity index (χ3v) is 6.51. The average molecular weight is 513 g/mol. The first-order chi connectivity index (χ1) is 17.3. The third-order valence-electron chi connectivity index (χ3n) is 6.20. The van der Waals surface area contributed by atoms with E-state index in [1.165, 1.54) is 17.0 Å². The number of carbonyl (C=O) groups excluding carboxylic acids is 3. The lowest BCUT2D eigenvalue weighted by atomic mass is 10.2. The van der Waals surface area contributed by atoms with Crippen molar-refractivity contribution < 1.29 is 18.8 Å². The second-order valence-corrected chi connectivity index (χ2v) is 8.84. The van der Waals surface area contributed by atoms with Gasteiger partial charge in [0.1, 0.15) is 17.8 Å². The molecule has 11 heteroatoms. The van der Waals surface area contributed by atoms with Gasteiger partial charge in [0.2, 0.25) is 0 Å². The van der Waals surface area contributed by atoms with Gasteiger partial charge >= 0.3 is 0 Å². The van der Waals surface area contributed by atoms with Gasteiger partial charge in [-0.25, -0.2) is 9.37 Å². The number of likely N-dealkylation sites (tertiary alicyclic amines) is 1. The van der Waals surface area contributed by atoms with Gasteiger partial charge in [-0.15, -0.1) is 0 Å². The number of amides is 3. The van der Waals surface area contributed by atoms with Gasteiger partial charge in [0.15, 0.2) is 5.69 Å². The van der Waals surface area contributed by atoms with Crippen molar-refractivity contribution in [2.75, 3.05) is 25.0 Å². The van der Waals surface area contributed by atoms with Crippen molar-refractivity contribution in [1.29, 1.82) is 0 Å². The van der Waals surface area contributed by atoms with Crippen LogP contribution < -0.4 is 16.4 Å². The van der Waals surface area contributed by atoms with Crippen LogP contribution in [0.25, 0.3) is 5.69 Å². The molecule has 36 heavy (non-hydrogen) atoms. The number of anilines is 1. The Bertz CT molecular complexity index is 1290. The molecule has 4 rings (SSSR count). The number of hydrogen-bond acceptors (Lipinski definition) is 5. The predicted molar refractivity (Wildman–Crippen MR) is 134 cm³/mol. The highest BCUT2D eigenvalue weighted by Gasteiger charge is 2.26. The van der Waals surface area contributed by atoms with Crippen molar-refractivity contribution in [3.8, 4) is 5.69 Å². The molecule has 1 unspecified atom stereocenters. The molecule has 0 aliphatic carbocycles. The molecule has 9 nitrogen and oxygen atoms in total. The number of nitrogens with zero attached hydrogens (tertiary/aromatic N) is 3. The molecule has 1 aromatic heterocycles. The Balaban J connectivity index is 1.48. The number of halogens is 2. The maximum Gasteiger partial charge on any atom is 0.272 e. The maximum absolute atomic E-state index is 13.2. The number of nitrogens with one attached hydrogen (secondary N) is 2. The van der Waals surface area contributed by atoms with E-state index >= 15 is 0 Å². The van der Waals surface area contributed by atoms with Crippen LogP contribution in [0.1, 0.15) is 51.1 Å². The summed E-state index contributed by atoms with van der Waals surface area (Å²) in [6.07, 6.45) is 3.44. The van der Waals surface area contributed by atoms with Gasteiger partial charge in [0.25, 0.3) is 17.7 Å². The largest absolute Gasteiger partial charge is 0.364 e. The van der Waals surface area contributed by atoms with Gasteiger partial charge in [-0.1, -0.05) is 18.5 Å². The summed E-state index contributed by atoms with van der Waals surface area (Å²) in [7, 11) is 0. The summed E-state index contributed by atoms with van der Waals surface area (Å²) < 4.78 is 14.7. The van der Waals surface area contributed by atoms with Crippen LogP contribution in [0.4, 0.5) is 10.1 Å². The highest BCUT2D eigenvalue weighted by molar-refractivity contribution is 6.34. The minimum atomic E-state index is -0.794. The fourth-order valence-electron chi connectivity index (χ4n) is 4.36. The predicted octanol–water partition coefficient (Wildman–Crippen LogP) is 3.23. The van der Waals surface area contributed by atoms with Crippen molar-refractivity contribution in [3.05, 3.63) is 76.6 Å². The fraction of sp³-hybridized carbons (Fsp3) is 0.280. The first-order valence-corrected chi connectivity index (χ1v) is 11.9.